The van der Waals surface area contributed by atoms with Gasteiger partial charge in [-0.05, 0) is 43.8 Å². The first-order chi connectivity index (χ1) is 17.0. The summed E-state index contributed by atoms with van der Waals surface area (Å²) in [4.78, 5) is 2.25. The number of ether oxygens (including phenoxy) is 2. The SMILES string of the molecule is C[C@H]1CN(C)Cc2c(c(OC3CNC3)nn2C)/C=C/c2n[nH]c3ccc(cc23)-c2cnn(C)c2O1. The molecule has 10 nitrogen and oxygen atoms in total. The van der Waals surface area contributed by atoms with Gasteiger partial charge in [-0.2, -0.15) is 10.2 Å². The number of rotatable bonds is 2. The zero-order valence-electron chi connectivity index (χ0n) is 20.4. The average molecular weight is 475 g/mol. The summed E-state index contributed by atoms with van der Waals surface area (Å²) >= 11 is 0. The maximum Gasteiger partial charge on any atom is 0.240 e. The molecule has 5 heterocycles. The van der Waals surface area contributed by atoms with Gasteiger partial charge in [0.15, 0.2) is 0 Å². The number of likely N-dealkylation sites (N-methyl/N-ethyl adjacent to an activating group) is 1. The third-order valence-corrected chi connectivity index (χ3v) is 6.69. The molecule has 2 bridgehead atoms. The lowest BCUT2D eigenvalue weighted by Gasteiger charge is -2.27. The van der Waals surface area contributed by atoms with E-state index in [4.69, 9.17) is 14.6 Å². The molecule has 2 aliphatic heterocycles. The van der Waals surface area contributed by atoms with Crippen LogP contribution < -0.4 is 14.8 Å². The zero-order valence-corrected chi connectivity index (χ0v) is 20.4. The van der Waals surface area contributed by atoms with Gasteiger partial charge in [0.1, 0.15) is 12.2 Å². The summed E-state index contributed by atoms with van der Waals surface area (Å²) in [6.07, 6.45) is 6.08. The Hall–Kier alpha value is -3.63. The summed E-state index contributed by atoms with van der Waals surface area (Å²) in [6.45, 7) is 5.20. The first-order valence-corrected chi connectivity index (χ1v) is 11.9. The van der Waals surface area contributed by atoms with Gasteiger partial charge in [0, 0.05) is 45.7 Å². The molecule has 2 aliphatic rings. The summed E-state index contributed by atoms with van der Waals surface area (Å²) < 4.78 is 16.4. The maximum absolute atomic E-state index is 6.42. The molecule has 4 aromatic rings. The molecule has 1 fully saturated rings. The lowest BCUT2D eigenvalue weighted by molar-refractivity contribution is 0.135. The van der Waals surface area contributed by atoms with Crippen molar-refractivity contribution in [2.45, 2.75) is 25.7 Å². The van der Waals surface area contributed by atoms with Crippen LogP contribution in [0.5, 0.6) is 11.8 Å². The Morgan fingerprint density at radius 1 is 1.11 bits per heavy atom. The number of aryl methyl sites for hydroxylation is 2. The standard InChI is InChI=1S/C25H30N8O2/c1-15-13-31(2)14-23-18(24(30-32(23)3)35-17-10-26-11-17)6-8-22-19-9-16(5-7-21(19)28-29-22)20-12-27-33(4)25(20)34-15/h5-9,12,15,17,26H,10-11,13-14H2,1-4H3,(H,28,29)/b8-6+/t15-/m0/s1. The second-order valence-corrected chi connectivity index (χ2v) is 9.50. The molecule has 2 N–H and O–H groups in total. The summed E-state index contributed by atoms with van der Waals surface area (Å²) in [5.74, 6) is 1.41. The van der Waals surface area contributed by atoms with Gasteiger partial charge in [0.05, 0.1) is 34.2 Å². The predicted octanol–water partition coefficient (Wildman–Crippen LogP) is 2.43. The van der Waals surface area contributed by atoms with Crippen LogP contribution in [0.1, 0.15) is 23.9 Å². The van der Waals surface area contributed by atoms with Crippen molar-refractivity contribution in [1.82, 2.24) is 40.0 Å². The van der Waals surface area contributed by atoms with Gasteiger partial charge in [0.2, 0.25) is 11.8 Å². The van der Waals surface area contributed by atoms with E-state index in [-0.39, 0.29) is 12.2 Å². The van der Waals surface area contributed by atoms with Crippen molar-refractivity contribution in [2.24, 2.45) is 14.1 Å². The first kappa shape index (κ1) is 21.9. The quantitative estimate of drug-likeness (QED) is 0.460. The summed E-state index contributed by atoms with van der Waals surface area (Å²) in [6, 6.07) is 6.26. The predicted molar refractivity (Wildman–Crippen MR) is 134 cm³/mol. The molecule has 0 radical (unpaired) electrons. The number of H-pyrrole nitrogens is 1. The van der Waals surface area contributed by atoms with Crippen molar-refractivity contribution >= 4 is 23.1 Å². The van der Waals surface area contributed by atoms with Crippen LogP contribution in [0.25, 0.3) is 34.2 Å². The van der Waals surface area contributed by atoms with Crippen LogP contribution in [0.2, 0.25) is 0 Å². The van der Waals surface area contributed by atoms with Gasteiger partial charge in [0.25, 0.3) is 0 Å². The van der Waals surface area contributed by atoms with E-state index in [9.17, 15) is 0 Å². The van der Waals surface area contributed by atoms with E-state index in [0.29, 0.717) is 12.4 Å². The number of nitrogens with zero attached hydrogens (tertiary/aromatic N) is 6. The van der Waals surface area contributed by atoms with Crippen LogP contribution in [0, 0.1) is 0 Å². The van der Waals surface area contributed by atoms with E-state index < -0.39 is 0 Å². The molecule has 182 valence electrons. The van der Waals surface area contributed by atoms with Crippen molar-refractivity contribution in [1.29, 1.82) is 0 Å². The Morgan fingerprint density at radius 2 is 1.97 bits per heavy atom. The summed E-state index contributed by atoms with van der Waals surface area (Å²) in [5, 5.41) is 21.2. The number of nitrogens with one attached hydrogen (secondary N) is 2. The molecule has 1 saturated heterocycles. The molecule has 35 heavy (non-hydrogen) atoms. The van der Waals surface area contributed by atoms with E-state index in [1.54, 1.807) is 4.68 Å². The Balaban J connectivity index is 1.49. The summed E-state index contributed by atoms with van der Waals surface area (Å²) in [7, 11) is 5.98. The molecule has 0 aliphatic carbocycles. The number of hydrogen-bond acceptors (Lipinski definition) is 7. The third-order valence-electron chi connectivity index (χ3n) is 6.69. The fraction of sp³-hybridized carbons (Fsp3) is 0.400. The highest BCUT2D eigenvalue weighted by Gasteiger charge is 2.25. The lowest BCUT2D eigenvalue weighted by Crippen LogP contribution is -2.50. The van der Waals surface area contributed by atoms with E-state index in [1.807, 2.05) is 31.1 Å². The monoisotopic (exact) mass is 474 g/mol. The second-order valence-electron chi connectivity index (χ2n) is 9.50. The van der Waals surface area contributed by atoms with E-state index in [0.717, 1.165) is 64.5 Å². The first-order valence-electron chi connectivity index (χ1n) is 11.9. The molecule has 10 heteroatoms. The van der Waals surface area contributed by atoms with E-state index >= 15 is 0 Å². The summed E-state index contributed by atoms with van der Waals surface area (Å²) in [5.41, 5.74) is 5.89. The minimum Gasteiger partial charge on any atom is -0.473 e. The van der Waals surface area contributed by atoms with E-state index in [1.165, 1.54) is 0 Å². The molecule has 0 amide bonds. The molecule has 1 aromatic carbocycles. The highest BCUT2D eigenvalue weighted by Crippen LogP contribution is 2.34. The highest BCUT2D eigenvalue weighted by atomic mass is 16.5. The van der Waals surface area contributed by atoms with Crippen molar-refractivity contribution in [3.8, 4) is 22.9 Å². The Kier molecular flexibility index (Phi) is 5.34. The minimum atomic E-state index is -0.0449. The fourth-order valence-corrected chi connectivity index (χ4v) is 4.74. The van der Waals surface area contributed by atoms with Crippen molar-refractivity contribution < 1.29 is 9.47 Å². The van der Waals surface area contributed by atoms with Gasteiger partial charge in [-0.3, -0.25) is 14.7 Å². The number of aromatic amines is 1. The molecular formula is C25H30N8O2. The molecule has 0 unspecified atom stereocenters. The normalized spacial score (nSPS) is 19.9. The molecule has 0 saturated carbocycles. The maximum atomic E-state index is 6.42. The number of aromatic nitrogens is 6. The minimum absolute atomic E-state index is 0.0449. The van der Waals surface area contributed by atoms with Crippen molar-refractivity contribution in [2.75, 3.05) is 26.7 Å². The van der Waals surface area contributed by atoms with Crippen LogP contribution >= 0.6 is 0 Å². The van der Waals surface area contributed by atoms with Gasteiger partial charge < -0.3 is 14.8 Å². The molecular weight excluding hydrogens is 444 g/mol. The lowest BCUT2D eigenvalue weighted by atomic mass is 10.1. The topological polar surface area (TPSA) is 98.0 Å². The Labute approximate surface area is 203 Å². The molecule has 0 spiro atoms. The molecule has 6 rings (SSSR count). The van der Waals surface area contributed by atoms with Crippen LogP contribution in [0.4, 0.5) is 0 Å². The number of hydrogen-bond donors (Lipinski definition) is 2. The average Bonchev–Trinajstić information content (AvgIpc) is 3.45. The van der Waals surface area contributed by atoms with E-state index in [2.05, 4.69) is 63.8 Å². The highest BCUT2D eigenvalue weighted by molar-refractivity contribution is 5.93. The molecule has 1 atom stereocenters. The van der Waals surface area contributed by atoms with Crippen molar-refractivity contribution in [3.63, 3.8) is 0 Å². The van der Waals surface area contributed by atoms with Crippen LogP contribution in [0.3, 0.4) is 0 Å². The Bertz CT molecular complexity index is 1410. The zero-order chi connectivity index (χ0) is 24.1. The third kappa shape index (κ3) is 3.98. The van der Waals surface area contributed by atoms with Gasteiger partial charge >= 0.3 is 0 Å². The smallest absolute Gasteiger partial charge is 0.240 e. The van der Waals surface area contributed by atoms with Gasteiger partial charge in [-0.25, -0.2) is 4.68 Å². The van der Waals surface area contributed by atoms with Gasteiger partial charge in [-0.15, -0.1) is 5.10 Å². The van der Waals surface area contributed by atoms with Crippen LogP contribution in [0.15, 0.2) is 24.4 Å². The largest absolute Gasteiger partial charge is 0.473 e. The van der Waals surface area contributed by atoms with Crippen LogP contribution in [-0.2, 0) is 20.6 Å². The van der Waals surface area contributed by atoms with Gasteiger partial charge in [-0.1, -0.05) is 6.07 Å². The van der Waals surface area contributed by atoms with Crippen molar-refractivity contribution in [3.05, 3.63) is 41.3 Å². The second kappa shape index (κ2) is 8.54. The number of benzene rings is 1. The number of fused-ring (bicyclic) bond motifs is 4. The fourth-order valence-electron chi connectivity index (χ4n) is 4.74. The Morgan fingerprint density at radius 3 is 2.77 bits per heavy atom. The molecule has 3 aromatic heterocycles. The van der Waals surface area contributed by atoms with Crippen LogP contribution in [-0.4, -0.2) is 73.5 Å².